The van der Waals surface area contributed by atoms with Gasteiger partial charge in [0, 0.05) is 50.0 Å². The summed E-state index contributed by atoms with van der Waals surface area (Å²) in [4.78, 5) is 25.2. The van der Waals surface area contributed by atoms with Crippen LogP contribution < -0.4 is 11.0 Å². The van der Waals surface area contributed by atoms with Crippen LogP contribution in [0.15, 0.2) is 47.5 Å². The van der Waals surface area contributed by atoms with Gasteiger partial charge in [0.05, 0.1) is 5.52 Å². The minimum Gasteiger partial charge on any atom is -0.328 e. The van der Waals surface area contributed by atoms with Crippen LogP contribution in [0.4, 0.5) is 5.95 Å². The molecule has 2 aromatic heterocycles. The molecule has 0 unspecified atom stereocenters. The van der Waals surface area contributed by atoms with E-state index in [9.17, 15) is 4.79 Å². The highest BCUT2D eigenvalue weighted by Gasteiger charge is 2.14. The van der Waals surface area contributed by atoms with Gasteiger partial charge >= 0.3 is 0 Å². The quantitative estimate of drug-likeness (QED) is 0.756. The predicted octanol–water partition coefficient (Wildman–Crippen LogP) is 1.56. The maximum absolute atomic E-state index is 11.2. The Bertz CT molecular complexity index is 925. The van der Waals surface area contributed by atoms with Crippen molar-refractivity contribution in [2.75, 3.05) is 38.7 Å². The van der Waals surface area contributed by atoms with Crippen molar-refractivity contribution >= 4 is 16.9 Å². The normalized spacial score (nSPS) is 16.2. The second kappa shape index (κ2) is 6.62. The lowest BCUT2D eigenvalue weighted by Crippen LogP contribution is -2.47. The van der Waals surface area contributed by atoms with E-state index in [1.54, 1.807) is 6.20 Å². The van der Waals surface area contributed by atoms with Crippen LogP contribution in [0.1, 0.15) is 0 Å². The smallest absolute Gasteiger partial charge is 0.247 e. The second-order valence-electron chi connectivity index (χ2n) is 6.31. The van der Waals surface area contributed by atoms with Crippen molar-refractivity contribution in [1.29, 1.82) is 0 Å². The maximum Gasteiger partial charge on any atom is 0.247 e. The molecule has 4 rings (SSSR count). The summed E-state index contributed by atoms with van der Waals surface area (Å²) in [6.45, 7) is 3.96. The number of aromatic nitrogens is 3. The summed E-state index contributed by atoms with van der Waals surface area (Å²) in [5.41, 5.74) is 6.06. The van der Waals surface area contributed by atoms with E-state index in [2.05, 4.69) is 37.3 Å². The monoisotopic (exact) mass is 336 g/mol. The molecule has 3 aromatic rings. The largest absolute Gasteiger partial charge is 0.328 e. The Hall–Kier alpha value is -2.77. The molecule has 1 aromatic carbocycles. The van der Waals surface area contributed by atoms with Crippen molar-refractivity contribution < 1.29 is 0 Å². The van der Waals surface area contributed by atoms with E-state index in [0.717, 1.165) is 48.2 Å². The number of piperazine rings is 1. The first-order chi connectivity index (χ1) is 12.2. The number of hydrogen-bond acceptors (Lipinski definition) is 6. The van der Waals surface area contributed by atoms with Gasteiger partial charge in [-0.05, 0) is 36.4 Å². The summed E-state index contributed by atoms with van der Waals surface area (Å²) < 4.78 is 0. The fourth-order valence-electron chi connectivity index (χ4n) is 2.92. The molecule has 7 nitrogen and oxygen atoms in total. The zero-order valence-corrected chi connectivity index (χ0v) is 14.1. The van der Waals surface area contributed by atoms with Gasteiger partial charge in [-0.3, -0.25) is 10.2 Å². The molecule has 2 N–H and O–H groups in total. The van der Waals surface area contributed by atoms with Crippen LogP contribution in [0, 0.1) is 0 Å². The van der Waals surface area contributed by atoms with Gasteiger partial charge in [-0.1, -0.05) is 6.07 Å². The van der Waals surface area contributed by atoms with Crippen LogP contribution in [0.25, 0.3) is 22.0 Å². The van der Waals surface area contributed by atoms with E-state index >= 15 is 0 Å². The number of aromatic amines is 1. The van der Waals surface area contributed by atoms with Gasteiger partial charge in [0.15, 0.2) is 0 Å². The van der Waals surface area contributed by atoms with Crippen LogP contribution in [-0.2, 0) is 0 Å². The molecular weight excluding hydrogens is 316 g/mol. The first kappa shape index (κ1) is 15.7. The highest BCUT2D eigenvalue weighted by atomic mass is 16.1. The van der Waals surface area contributed by atoms with Gasteiger partial charge in [-0.15, -0.1) is 0 Å². The minimum absolute atomic E-state index is 0.104. The van der Waals surface area contributed by atoms with Crippen molar-refractivity contribution in [2.24, 2.45) is 0 Å². The third kappa shape index (κ3) is 3.52. The lowest BCUT2D eigenvalue weighted by Gasteiger charge is -2.32. The number of nitrogens with one attached hydrogen (secondary N) is 2. The van der Waals surface area contributed by atoms with Crippen molar-refractivity contribution in [3.63, 3.8) is 0 Å². The van der Waals surface area contributed by atoms with E-state index in [1.807, 2.05) is 30.5 Å². The van der Waals surface area contributed by atoms with Gasteiger partial charge in [-0.2, -0.15) is 0 Å². The molecule has 0 aliphatic carbocycles. The number of H-pyrrole nitrogens is 1. The van der Waals surface area contributed by atoms with E-state index in [-0.39, 0.29) is 5.56 Å². The number of fused-ring (bicyclic) bond motifs is 1. The van der Waals surface area contributed by atoms with Gasteiger partial charge in [0.2, 0.25) is 11.5 Å². The Kier molecular flexibility index (Phi) is 4.17. The number of pyridine rings is 1. The number of nitrogens with zero attached hydrogens (tertiary/aromatic N) is 4. The Labute approximate surface area is 145 Å². The molecule has 1 aliphatic heterocycles. The molecule has 0 bridgehead atoms. The number of hydrazine groups is 1. The first-order valence-electron chi connectivity index (χ1n) is 8.33. The van der Waals surface area contributed by atoms with Gasteiger partial charge < -0.3 is 9.88 Å². The van der Waals surface area contributed by atoms with Crippen molar-refractivity contribution in [2.45, 2.75) is 0 Å². The van der Waals surface area contributed by atoms with Gasteiger partial charge in [0.25, 0.3) is 0 Å². The number of benzene rings is 1. The zero-order chi connectivity index (χ0) is 17.2. The second-order valence-corrected chi connectivity index (χ2v) is 6.31. The fourth-order valence-corrected chi connectivity index (χ4v) is 2.92. The van der Waals surface area contributed by atoms with Crippen molar-refractivity contribution in [3.8, 4) is 11.1 Å². The Morgan fingerprint density at radius 3 is 2.64 bits per heavy atom. The third-order valence-corrected chi connectivity index (χ3v) is 4.46. The van der Waals surface area contributed by atoms with E-state index < -0.39 is 0 Å². The number of rotatable bonds is 3. The SMILES string of the molecule is CN1CCN(Nc2ncc3cc(-c4ccc(=O)[nH]c4)ccc3n2)CC1. The van der Waals surface area contributed by atoms with E-state index in [4.69, 9.17) is 0 Å². The lowest BCUT2D eigenvalue weighted by molar-refractivity contribution is 0.178. The Morgan fingerprint density at radius 2 is 1.88 bits per heavy atom. The van der Waals surface area contributed by atoms with Crippen LogP contribution >= 0.6 is 0 Å². The molecule has 1 aliphatic rings. The Balaban J connectivity index is 1.56. The molecular formula is C18H20N6O. The standard InChI is InChI=1S/C18H20N6O/c1-23-6-8-24(9-7-23)22-18-20-12-15-10-13(2-4-16(15)21-18)14-3-5-17(25)19-11-14/h2-5,10-12H,6-9H2,1H3,(H,19,25)(H,20,21,22). The molecule has 1 saturated heterocycles. The summed E-state index contributed by atoms with van der Waals surface area (Å²) in [5.74, 6) is 0.619. The number of hydrogen-bond donors (Lipinski definition) is 2. The van der Waals surface area contributed by atoms with Crippen LogP contribution in [0.2, 0.25) is 0 Å². The average Bonchev–Trinajstić information content (AvgIpc) is 2.64. The molecule has 0 radical (unpaired) electrons. The molecule has 128 valence electrons. The first-order valence-corrected chi connectivity index (χ1v) is 8.33. The summed E-state index contributed by atoms with van der Waals surface area (Å²) >= 11 is 0. The van der Waals surface area contributed by atoms with Crippen molar-refractivity contribution in [1.82, 2.24) is 24.9 Å². The Morgan fingerprint density at radius 1 is 1.08 bits per heavy atom. The predicted molar refractivity (Wildman–Crippen MR) is 98.3 cm³/mol. The topological polar surface area (TPSA) is 77.1 Å². The summed E-state index contributed by atoms with van der Waals surface area (Å²) in [5, 5.41) is 3.11. The van der Waals surface area contributed by atoms with Crippen molar-refractivity contribution in [3.05, 3.63) is 53.1 Å². The maximum atomic E-state index is 11.2. The molecule has 7 heteroatoms. The summed E-state index contributed by atoms with van der Waals surface area (Å²) in [6.07, 6.45) is 3.55. The molecule has 0 atom stereocenters. The third-order valence-electron chi connectivity index (χ3n) is 4.46. The minimum atomic E-state index is -0.104. The fraction of sp³-hybridized carbons (Fsp3) is 0.278. The van der Waals surface area contributed by atoms with Crippen LogP contribution in [0.3, 0.4) is 0 Å². The summed E-state index contributed by atoms with van der Waals surface area (Å²) in [6, 6.07) is 9.35. The number of likely N-dealkylation sites (N-methyl/N-ethyl adjacent to an activating group) is 1. The van der Waals surface area contributed by atoms with Crippen LogP contribution in [0.5, 0.6) is 0 Å². The highest BCUT2D eigenvalue weighted by molar-refractivity contribution is 5.84. The van der Waals surface area contributed by atoms with Gasteiger partial charge in [-0.25, -0.2) is 15.0 Å². The molecule has 3 heterocycles. The molecule has 0 amide bonds. The number of anilines is 1. The average molecular weight is 336 g/mol. The van der Waals surface area contributed by atoms with Gasteiger partial charge in [0.1, 0.15) is 0 Å². The molecule has 25 heavy (non-hydrogen) atoms. The molecule has 0 spiro atoms. The molecule has 1 fully saturated rings. The highest BCUT2D eigenvalue weighted by Crippen LogP contribution is 2.22. The van der Waals surface area contributed by atoms with Crippen LogP contribution in [-0.4, -0.2) is 58.1 Å². The zero-order valence-electron chi connectivity index (χ0n) is 14.1. The lowest BCUT2D eigenvalue weighted by atomic mass is 10.1. The van der Waals surface area contributed by atoms with E-state index in [0.29, 0.717) is 5.95 Å². The molecule has 0 saturated carbocycles. The van der Waals surface area contributed by atoms with E-state index in [1.165, 1.54) is 6.07 Å². The summed E-state index contributed by atoms with van der Waals surface area (Å²) in [7, 11) is 2.13.